The number of carbonyl (C=O) groups is 1. The molecule has 0 radical (unpaired) electrons. The molecule has 0 amide bonds. The van der Waals surface area contributed by atoms with Crippen LogP contribution in [-0.2, 0) is 21.2 Å². The van der Waals surface area contributed by atoms with Crippen LogP contribution in [0.15, 0.2) is 29.2 Å². The van der Waals surface area contributed by atoms with E-state index < -0.39 is 16.0 Å². The molecule has 5 nitrogen and oxygen atoms in total. The predicted octanol–water partition coefficient (Wildman–Crippen LogP) is 2.12. The van der Waals surface area contributed by atoms with Gasteiger partial charge in [0.05, 0.1) is 4.90 Å². The average molecular weight is 323 g/mol. The standard InChI is InChI=1S/C16H21NO4S/c18-16(19)9-6-12-4-7-15(8-5-12)22(20,21)17-10-13-2-1-3-14(13)11-17/h4-5,7-8,13-14H,1-3,6,9-11H2,(H,18,19). The van der Waals surface area contributed by atoms with Gasteiger partial charge in [0.15, 0.2) is 0 Å². The Kier molecular flexibility index (Phi) is 4.23. The van der Waals surface area contributed by atoms with Gasteiger partial charge in [0.1, 0.15) is 0 Å². The Morgan fingerprint density at radius 2 is 1.73 bits per heavy atom. The molecule has 2 fully saturated rings. The molecule has 0 spiro atoms. The fraction of sp³-hybridized carbons (Fsp3) is 0.562. The maximum Gasteiger partial charge on any atom is 0.303 e. The zero-order chi connectivity index (χ0) is 15.7. The monoisotopic (exact) mass is 323 g/mol. The summed E-state index contributed by atoms with van der Waals surface area (Å²) >= 11 is 0. The smallest absolute Gasteiger partial charge is 0.303 e. The number of rotatable bonds is 5. The maximum absolute atomic E-state index is 12.7. The van der Waals surface area contributed by atoms with Gasteiger partial charge < -0.3 is 5.11 Å². The Morgan fingerprint density at radius 1 is 1.14 bits per heavy atom. The normalized spacial score (nSPS) is 25.3. The fourth-order valence-electron chi connectivity index (χ4n) is 3.62. The molecule has 1 N–H and O–H groups in total. The molecule has 1 heterocycles. The second-order valence-corrected chi connectivity index (χ2v) is 8.25. The average Bonchev–Trinajstić information content (AvgIpc) is 3.07. The third-order valence-electron chi connectivity index (χ3n) is 4.88. The molecule has 0 bridgehead atoms. The van der Waals surface area contributed by atoms with Crippen molar-refractivity contribution in [1.29, 1.82) is 0 Å². The van der Waals surface area contributed by atoms with Crippen LogP contribution in [0, 0.1) is 11.8 Å². The van der Waals surface area contributed by atoms with Crippen LogP contribution in [0.25, 0.3) is 0 Å². The Bertz CT molecular complexity index is 641. The molecule has 2 aliphatic rings. The van der Waals surface area contributed by atoms with E-state index in [0.29, 0.717) is 36.2 Å². The first-order valence-electron chi connectivity index (χ1n) is 7.78. The van der Waals surface area contributed by atoms with Crippen molar-refractivity contribution in [2.24, 2.45) is 11.8 Å². The van der Waals surface area contributed by atoms with Crippen molar-refractivity contribution in [1.82, 2.24) is 4.31 Å². The van der Waals surface area contributed by atoms with Crippen molar-refractivity contribution >= 4 is 16.0 Å². The van der Waals surface area contributed by atoms with Gasteiger partial charge >= 0.3 is 5.97 Å². The van der Waals surface area contributed by atoms with Gasteiger partial charge in [-0.25, -0.2) is 8.42 Å². The molecule has 1 saturated heterocycles. The predicted molar refractivity (Wildman–Crippen MR) is 82.0 cm³/mol. The fourth-order valence-corrected chi connectivity index (χ4v) is 5.17. The van der Waals surface area contributed by atoms with Crippen LogP contribution < -0.4 is 0 Å². The highest BCUT2D eigenvalue weighted by atomic mass is 32.2. The van der Waals surface area contributed by atoms with Crippen LogP contribution in [-0.4, -0.2) is 36.9 Å². The number of fused-ring (bicyclic) bond motifs is 1. The van der Waals surface area contributed by atoms with E-state index in [1.165, 1.54) is 6.42 Å². The van der Waals surface area contributed by atoms with Gasteiger partial charge in [-0.15, -0.1) is 0 Å². The topological polar surface area (TPSA) is 74.7 Å². The van der Waals surface area contributed by atoms with Crippen molar-refractivity contribution in [3.05, 3.63) is 29.8 Å². The second kappa shape index (κ2) is 6.01. The molecular weight excluding hydrogens is 302 g/mol. The number of aliphatic carboxylic acids is 1. The summed E-state index contributed by atoms with van der Waals surface area (Å²) in [5.41, 5.74) is 0.847. The number of aryl methyl sites for hydroxylation is 1. The molecule has 1 aliphatic heterocycles. The zero-order valence-corrected chi connectivity index (χ0v) is 13.3. The van der Waals surface area contributed by atoms with E-state index in [1.807, 2.05) is 0 Å². The van der Waals surface area contributed by atoms with Crippen molar-refractivity contribution in [2.75, 3.05) is 13.1 Å². The van der Waals surface area contributed by atoms with Gasteiger partial charge in [-0.1, -0.05) is 18.6 Å². The van der Waals surface area contributed by atoms with E-state index in [1.54, 1.807) is 28.6 Å². The van der Waals surface area contributed by atoms with Crippen molar-refractivity contribution in [2.45, 2.75) is 37.0 Å². The lowest BCUT2D eigenvalue weighted by molar-refractivity contribution is -0.136. The van der Waals surface area contributed by atoms with Crippen LogP contribution >= 0.6 is 0 Å². The third kappa shape index (κ3) is 3.03. The van der Waals surface area contributed by atoms with Crippen LogP contribution in [0.5, 0.6) is 0 Å². The van der Waals surface area contributed by atoms with E-state index in [-0.39, 0.29) is 6.42 Å². The Balaban J connectivity index is 1.71. The molecular formula is C16H21NO4S. The number of hydrogen-bond acceptors (Lipinski definition) is 3. The van der Waals surface area contributed by atoms with E-state index >= 15 is 0 Å². The molecule has 2 unspecified atom stereocenters. The van der Waals surface area contributed by atoms with Crippen LogP contribution in [0.1, 0.15) is 31.2 Å². The third-order valence-corrected chi connectivity index (χ3v) is 6.73. The largest absolute Gasteiger partial charge is 0.481 e. The summed E-state index contributed by atoms with van der Waals surface area (Å²) in [6.07, 6.45) is 3.99. The van der Waals surface area contributed by atoms with Gasteiger partial charge in [-0.3, -0.25) is 4.79 Å². The summed E-state index contributed by atoms with van der Waals surface area (Å²) in [5, 5.41) is 8.68. The lowest BCUT2D eigenvalue weighted by atomic mass is 10.0. The highest BCUT2D eigenvalue weighted by molar-refractivity contribution is 7.89. The SMILES string of the molecule is O=C(O)CCc1ccc(S(=O)(=O)N2CC3CCCC3C2)cc1. The van der Waals surface area contributed by atoms with Crippen molar-refractivity contribution in [3.8, 4) is 0 Å². The number of nitrogens with zero attached hydrogens (tertiary/aromatic N) is 1. The molecule has 1 aromatic rings. The summed E-state index contributed by atoms with van der Waals surface area (Å²) in [6.45, 7) is 1.29. The Hall–Kier alpha value is -1.40. The van der Waals surface area contributed by atoms with Gasteiger partial charge in [0, 0.05) is 19.5 Å². The minimum Gasteiger partial charge on any atom is -0.481 e. The van der Waals surface area contributed by atoms with Crippen LogP contribution in [0.4, 0.5) is 0 Å². The number of sulfonamides is 1. The van der Waals surface area contributed by atoms with Crippen molar-refractivity contribution < 1.29 is 18.3 Å². The molecule has 22 heavy (non-hydrogen) atoms. The summed E-state index contributed by atoms with van der Waals surface area (Å²) in [7, 11) is -3.41. The minimum atomic E-state index is -3.41. The molecule has 1 aliphatic carbocycles. The first-order valence-corrected chi connectivity index (χ1v) is 9.22. The zero-order valence-electron chi connectivity index (χ0n) is 12.4. The summed E-state index contributed by atoms with van der Waals surface area (Å²) in [6, 6.07) is 6.63. The summed E-state index contributed by atoms with van der Waals surface area (Å²) in [5.74, 6) is 0.217. The number of carboxylic acid groups (broad SMARTS) is 1. The lowest BCUT2D eigenvalue weighted by Gasteiger charge is -2.17. The number of hydrogen-bond donors (Lipinski definition) is 1. The van der Waals surface area contributed by atoms with Crippen LogP contribution in [0.2, 0.25) is 0 Å². The van der Waals surface area contributed by atoms with Crippen LogP contribution in [0.3, 0.4) is 0 Å². The van der Waals surface area contributed by atoms with Crippen molar-refractivity contribution in [3.63, 3.8) is 0 Å². The molecule has 1 saturated carbocycles. The number of carboxylic acids is 1. The molecule has 0 aromatic heterocycles. The Labute approximate surface area is 131 Å². The molecule has 120 valence electrons. The molecule has 2 atom stereocenters. The highest BCUT2D eigenvalue weighted by Crippen LogP contribution is 2.39. The highest BCUT2D eigenvalue weighted by Gasteiger charge is 2.41. The van der Waals surface area contributed by atoms with Gasteiger partial charge in [0.25, 0.3) is 0 Å². The molecule has 3 rings (SSSR count). The quantitative estimate of drug-likeness (QED) is 0.901. The molecule has 1 aromatic carbocycles. The second-order valence-electron chi connectivity index (χ2n) is 6.31. The minimum absolute atomic E-state index is 0.0571. The number of benzene rings is 1. The van der Waals surface area contributed by atoms with E-state index in [9.17, 15) is 13.2 Å². The first kappa shape index (κ1) is 15.5. The van der Waals surface area contributed by atoms with Gasteiger partial charge in [-0.05, 0) is 48.8 Å². The Morgan fingerprint density at radius 3 is 2.27 bits per heavy atom. The first-order chi connectivity index (χ1) is 10.5. The van der Waals surface area contributed by atoms with Gasteiger partial charge in [-0.2, -0.15) is 4.31 Å². The van der Waals surface area contributed by atoms with Gasteiger partial charge in [0.2, 0.25) is 10.0 Å². The van der Waals surface area contributed by atoms with E-state index in [4.69, 9.17) is 5.11 Å². The summed E-state index contributed by atoms with van der Waals surface area (Å²) in [4.78, 5) is 10.9. The lowest BCUT2D eigenvalue weighted by Crippen LogP contribution is -2.29. The maximum atomic E-state index is 12.7. The summed E-state index contributed by atoms with van der Waals surface area (Å²) < 4.78 is 27.0. The molecule has 6 heteroatoms. The van der Waals surface area contributed by atoms with E-state index in [0.717, 1.165) is 18.4 Å². The van der Waals surface area contributed by atoms with E-state index in [2.05, 4.69) is 0 Å².